The maximum Gasteiger partial charge on any atom is 0.0368 e. The third kappa shape index (κ3) is 2.76. The van der Waals surface area contributed by atoms with Crippen LogP contribution in [0.5, 0.6) is 0 Å². The highest BCUT2D eigenvalue weighted by atomic mass is 15.1. The topological polar surface area (TPSA) is 15.3 Å². The van der Waals surface area contributed by atoms with Crippen LogP contribution < -0.4 is 10.2 Å². The van der Waals surface area contributed by atoms with Gasteiger partial charge in [0.25, 0.3) is 0 Å². The minimum Gasteiger partial charge on any atom is -0.372 e. The normalized spacial score (nSPS) is 15.9. The van der Waals surface area contributed by atoms with E-state index in [0.717, 1.165) is 12.5 Å². The van der Waals surface area contributed by atoms with E-state index in [2.05, 4.69) is 48.3 Å². The average molecular weight is 218 g/mol. The van der Waals surface area contributed by atoms with Crippen molar-refractivity contribution in [1.82, 2.24) is 5.32 Å². The zero-order valence-corrected chi connectivity index (χ0v) is 10.4. The Balaban J connectivity index is 1.92. The van der Waals surface area contributed by atoms with Gasteiger partial charge in [-0.15, -0.1) is 0 Å². The summed E-state index contributed by atoms with van der Waals surface area (Å²) in [7, 11) is 0. The lowest BCUT2D eigenvalue weighted by Crippen LogP contribution is -2.43. The van der Waals surface area contributed by atoms with Crippen LogP contribution in [0.3, 0.4) is 0 Å². The van der Waals surface area contributed by atoms with Gasteiger partial charge in [0.2, 0.25) is 0 Å². The molecular formula is C14H22N2. The standard InChI is InChI=1S/C14H22N2/c1-3-16(8-7-13-10-15-11-13)14-6-4-5-12(2)9-14/h4-6,9,13,15H,3,7-8,10-11H2,1-2H3. The SMILES string of the molecule is CCN(CCC1CNC1)c1cccc(C)c1. The van der Waals surface area contributed by atoms with Crippen LogP contribution in [0.2, 0.25) is 0 Å². The number of hydrogen-bond acceptors (Lipinski definition) is 2. The molecule has 16 heavy (non-hydrogen) atoms. The first-order chi connectivity index (χ1) is 7.79. The smallest absolute Gasteiger partial charge is 0.0368 e. The molecule has 1 saturated heterocycles. The van der Waals surface area contributed by atoms with Crippen molar-refractivity contribution in [3.63, 3.8) is 0 Å². The van der Waals surface area contributed by atoms with Crippen molar-refractivity contribution in [3.8, 4) is 0 Å². The van der Waals surface area contributed by atoms with Crippen molar-refractivity contribution in [1.29, 1.82) is 0 Å². The Morgan fingerprint density at radius 2 is 2.19 bits per heavy atom. The van der Waals surface area contributed by atoms with Crippen molar-refractivity contribution in [3.05, 3.63) is 29.8 Å². The highest BCUT2D eigenvalue weighted by Crippen LogP contribution is 2.18. The van der Waals surface area contributed by atoms with Crippen LogP contribution in [0, 0.1) is 12.8 Å². The molecule has 0 radical (unpaired) electrons. The van der Waals surface area contributed by atoms with Crippen LogP contribution in [0.15, 0.2) is 24.3 Å². The molecule has 0 spiro atoms. The molecule has 0 aliphatic carbocycles. The summed E-state index contributed by atoms with van der Waals surface area (Å²) < 4.78 is 0. The molecule has 0 saturated carbocycles. The zero-order chi connectivity index (χ0) is 11.4. The molecule has 1 aliphatic rings. The summed E-state index contributed by atoms with van der Waals surface area (Å²) in [4.78, 5) is 2.48. The molecule has 1 fully saturated rings. The van der Waals surface area contributed by atoms with Gasteiger partial charge >= 0.3 is 0 Å². The molecule has 2 nitrogen and oxygen atoms in total. The highest BCUT2D eigenvalue weighted by Gasteiger charge is 2.17. The maximum absolute atomic E-state index is 3.33. The summed E-state index contributed by atoms with van der Waals surface area (Å²) in [6.07, 6.45) is 1.31. The molecule has 0 amide bonds. The minimum atomic E-state index is 0.902. The number of aryl methyl sites for hydroxylation is 1. The molecule has 1 heterocycles. The highest BCUT2D eigenvalue weighted by molar-refractivity contribution is 5.48. The van der Waals surface area contributed by atoms with Gasteiger partial charge in [-0.05, 0) is 57.0 Å². The number of hydrogen-bond donors (Lipinski definition) is 1. The van der Waals surface area contributed by atoms with Crippen molar-refractivity contribution < 1.29 is 0 Å². The van der Waals surface area contributed by atoms with Crippen LogP contribution in [0.4, 0.5) is 5.69 Å². The molecule has 2 rings (SSSR count). The minimum absolute atomic E-state index is 0.902. The van der Waals surface area contributed by atoms with E-state index in [1.54, 1.807) is 0 Å². The van der Waals surface area contributed by atoms with E-state index < -0.39 is 0 Å². The molecule has 0 aromatic heterocycles. The number of rotatable bonds is 5. The second-order valence-corrected chi connectivity index (χ2v) is 4.73. The molecule has 88 valence electrons. The lowest BCUT2D eigenvalue weighted by atomic mass is 9.99. The van der Waals surface area contributed by atoms with Crippen LogP contribution in [0.25, 0.3) is 0 Å². The van der Waals surface area contributed by atoms with Crippen LogP contribution in [0.1, 0.15) is 18.9 Å². The van der Waals surface area contributed by atoms with Crippen molar-refractivity contribution in [2.24, 2.45) is 5.92 Å². The molecule has 1 aliphatic heterocycles. The Morgan fingerprint density at radius 3 is 2.75 bits per heavy atom. The van der Waals surface area contributed by atoms with Gasteiger partial charge in [-0.3, -0.25) is 0 Å². The van der Waals surface area contributed by atoms with E-state index in [9.17, 15) is 0 Å². The number of benzene rings is 1. The lowest BCUT2D eigenvalue weighted by molar-refractivity contribution is 0.329. The maximum atomic E-state index is 3.33. The van der Waals surface area contributed by atoms with Crippen molar-refractivity contribution >= 4 is 5.69 Å². The first-order valence-corrected chi connectivity index (χ1v) is 6.32. The fraction of sp³-hybridized carbons (Fsp3) is 0.571. The van der Waals surface area contributed by atoms with Crippen LogP contribution >= 0.6 is 0 Å². The largest absolute Gasteiger partial charge is 0.372 e. The first-order valence-electron chi connectivity index (χ1n) is 6.32. The Labute approximate surface area is 98.7 Å². The summed E-state index contributed by atoms with van der Waals surface area (Å²) in [5.41, 5.74) is 2.72. The summed E-state index contributed by atoms with van der Waals surface area (Å²) in [5, 5.41) is 3.33. The predicted molar refractivity (Wildman–Crippen MR) is 70.0 cm³/mol. The van der Waals surface area contributed by atoms with E-state index in [0.29, 0.717) is 0 Å². The predicted octanol–water partition coefficient (Wildman–Crippen LogP) is 2.43. The second kappa shape index (κ2) is 5.35. The summed E-state index contributed by atoms with van der Waals surface area (Å²) >= 11 is 0. The Bertz CT molecular complexity index is 331. The zero-order valence-electron chi connectivity index (χ0n) is 10.4. The quantitative estimate of drug-likeness (QED) is 0.816. The molecule has 0 unspecified atom stereocenters. The fourth-order valence-electron chi connectivity index (χ4n) is 2.19. The second-order valence-electron chi connectivity index (χ2n) is 4.73. The Kier molecular flexibility index (Phi) is 3.83. The molecule has 1 N–H and O–H groups in total. The number of anilines is 1. The Morgan fingerprint density at radius 1 is 1.38 bits per heavy atom. The van der Waals surface area contributed by atoms with Gasteiger partial charge < -0.3 is 10.2 Å². The van der Waals surface area contributed by atoms with E-state index in [-0.39, 0.29) is 0 Å². The van der Waals surface area contributed by atoms with Crippen LogP contribution in [-0.4, -0.2) is 26.2 Å². The van der Waals surface area contributed by atoms with Crippen molar-refractivity contribution in [2.75, 3.05) is 31.1 Å². The van der Waals surface area contributed by atoms with Gasteiger partial charge in [0.15, 0.2) is 0 Å². The van der Waals surface area contributed by atoms with E-state index in [4.69, 9.17) is 0 Å². The van der Waals surface area contributed by atoms with Gasteiger partial charge in [-0.2, -0.15) is 0 Å². The van der Waals surface area contributed by atoms with E-state index in [1.807, 2.05) is 0 Å². The third-order valence-corrected chi connectivity index (χ3v) is 3.42. The average Bonchev–Trinajstić information content (AvgIpc) is 2.22. The van der Waals surface area contributed by atoms with Gasteiger partial charge in [-0.1, -0.05) is 12.1 Å². The Hall–Kier alpha value is -1.02. The molecular weight excluding hydrogens is 196 g/mol. The fourth-order valence-corrected chi connectivity index (χ4v) is 2.19. The van der Waals surface area contributed by atoms with Gasteiger partial charge in [0, 0.05) is 18.8 Å². The molecule has 1 aromatic carbocycles. The summed E-state index contributed by atoms with van der Waals surface area (Å²) in [6.45, 7) is 9.11. The molecule has 1 aromatic rings. The van der Waals surface area contributed by atoms with Gasteiger partial charge in [-0.25, -0.2) is 0 Å². The van der Waals surface area contributed by atoms with E-state index >= 15 is 0 Å². The first kappa shape index (κ1) is 11.5. The van der Waals surface area contributed by atoms with Gasteiger partial charge in [0.1, 0.15) is 0 Å². The summed E-state index contributed by atoms with van der Waals surface area (Å²) in [6, 6.07) is 8.81. The molecule has 0 atom stereocenters. The van der Waals surface area contributed by atoms with Crippen molar-refractivity contribution in [2.45, 2.75) is 20.3 Å². The van der Waals surface area contributed by atoms with E-state index in [1.165, 1.54) is 37.3 Å². The lowest BCUT2D eigenvalue weighted by Gasteiger charge is -2.31. The third-order valence-electron chi connectivity index (χ3n) is 3.42. The summed E-state index contributed by atoms with van der Waals surface area (Å²) in [5.74, 6) is 0.902. The number of nitrogens with one attached hydrogen (secondary N) is 1. The number of nitrogens with zero attached hydrogens (tertiary/aromatic N) is 1. The van der Waals surface area contributed by atoms with Crippen LogP contribution in [-0.2, 0) is 0 Å². The monoisotopic (exact) mass is 218 g/mol. The molecule has 2 heteroatoms. The molecule has 0 bridgehead atoms. The van der Waals surface area contributed by atoms with Gasteiger partial charge in [0.05, 0.1) is 0 Å².